The minimum Gasteiger partial charge on any atom is 0 e. The van der Waals surface area contributed by atoms with E-state index in [1.54, 1.807) is 0 Å². The molecule has 0 N–H and O–H groups in total. The number of hydrogen-bond acceptors (Lipinski definition) is 2. The topological polar surface area (TPSA) is 34.1 Å². The van der Waals surface area contributed by atoms with E-state index in [1.807, 2.05) is 0 Å². The Bertz CT molecular complexity index is 27.0. The van der Waals surface area contributed by atoms with Gasteiger partial charge in [0.15, 0.2) is 0 Å². The van der Waals surface area contributed by atoms with Crippen molar-refractivity contribution in [2.45, 2.75) is 0 Å². The molecule has 0 fully saturated rings. The van der Waals surface area contributed by atoms with Gasteiger partial charge in [0.1, 0.15) is 0 Å². The van der Waals surface area contributed by atoms with Crippen LogP contribution in [-0.2, 0) is 27.3 Å². The third-order valence-corrected chi connectivity index (χ3v) is 0. The van der Waals surface area contributed by atoms with E-state index >= 15 is 0 Å². The molecule has 0 aromatic rings. The average molecular weight is 256 g/mol. The van der Waals surface area contributed by atoms with Crippen LogP contribution in [0, 0.1) is 0 Å². The molecule has 0 rings (SSSR count). The van der Waals surface area contributed by atoms with Gasteiger partial charge in [-0.3, -0.25) is 0 Å². The number of hydrogen-bond donors (Lipinski definition) is 0. The van der Waals surface area contributed by atoms with Crippen LogP contribution in [0.25, 0.3) is 0 Å². The van der Waals surface area contributed by atoms with Gasteiger partial charge in [-0.25, -0.2) is 0 Å². The standard InChI is InChI=1S/Mo.O2Te/c;1-3-2. The Kier molecular flexibility index (Phi) is 19.9. The summed E-state index contributed by atoms with van der Waals surface area (Å²) in [7, 11) is 0. The zero-order valence-corrected chi connectivity index (χ0v) is 5.97. The molecule has 2 nitrogen and oxygen atoms in total. The summed E-state index contributed by atoms with van der Waals surface area (Å²) in [6, 6.07) is 0. The minimum absolute atomic E-state index is 0. The summed E-state index contributed by atoms with van der Waals surface area (Å²) in [4.78, 5) is 0. The van der Waals surface area contributed by atoms with Gasteiger partial charge in [0, 0.05) is 21.1 Å². The monoisotopic (exact) mass is 260 g/mol. The molecule has 4 heteroatoms. The summed E-state index contributed by atoms with van der Waals surface area (Å²) in [5.74, 6) is 0. The fraction of sp³-hybridized carbons (Fsp3) is 0. The van der Waals surface area contributed by atoms with Gasteiger partial charge in [-0.15, -0.1) is 0 Å². The zero-order valence-electron chi connectivity index (χ0n) is 1.63. The average Bonchev–Trinajstić information content (AvgIpc) is 0.918. The maximum atomic E-state index is 8.50. The van der Waals surface area contributed by atoms with Crippen molar-refractivity contribution in [2.24, 2.45) is 0 Å². The Balaban J connectivity index is 0. The molecule has 0 saturated carbocycles. The third kappa shape index (κ3) is 11.4. The molecule has 0 unspecified atom stereocenters. The summed E-state index contributed by atoms with van der Waals surface area (Å²) in [6.07, 6.45) is 0. The predicted octanol–water partition coefficient (Wildman–Crippen LogP) is -0.621. The zero-order chi connectivity index (χ0) is 2.71. The second kappa shape index (κ2) is 8.95. The van der Waals surface area contributed by atoms with Crippen LogP contribution >= 0.6 is 0 Å². The van der Waals surface area contributed by atoms with Crippen molar-refractivity contribution in [2.75, 3.05) is 0 Å². The largest absolute Gasteiger partial charge is 0 e. The first-order valence-electron chi connectivity index (χ1n) is 0.333. The summed E-state index contributed by atoms with van der Waals surface area (Å²) in [6.45, 7) is 0. The second-order valence-electron chi connectivity index (χ2n) is 0.0680. The smallest absolute Gasteiger partial charge is 0 e. The molecule has 0 radical (unpaired) electrons. The van der Waals surface area contributed by atoms with Crippen LogP contribution in [0.1, 0.15) is 0 Å². The second-order valence-corrected chi connectivity index (χ2v) is 0.456. The van der Waals surface area contributed by atoms with Gasteiger partial charge in [-0.2, -0.15) is 0 Å². The Morgan fingerprint density at radius 2 is 1.25 bits per heavy atom. The predicted molar refractivity (Wildman–Crippen MR) is 7.13 cm³/mol. The van der Waals surface area contributed by atoms with Crippen LogP contribution in [0.5, 0.6) is 0 Å². The normalized spacial score (nSPS) is 3.00. The van der Waals surface area contributed by atoms with Crippen molar-refractivity contribution in [1.82, 2.24) is 0 Å². The van der Waals surface area contributed by atoms with Crippen LogP contribution in [0.3, 0.4) is 0 Å². The first-order valence-corrected chi connectivity index (χ1v) is 2.24. The Morgan fingerprint density at radius 1 is 1.25 bits per heavy atom. The summed E-state index contributed by atoms with van der Waals surface area (Å²) in [5, 5.41) is 0. The Labute approximate surface area is 48.1 Å². The van der Waals surface area contributed by atoms with Crippen LogP contribution in [-0.4, -0.2) is 20.9 Å². The summed E-state index contributed by atoms with van der Waals surface area (Å²) >= 11 is -2.03. The van der Waals surface area contributed by atoms with Crippen LogP contribution < -0.4 is 0 Å². The van der Waals surface area contributed by atoms with E-state index in [-0.39, 0.29) is 21.1 Å². The third-order valence-electron chi connectivity index (χ3n) is 0. The van der Waals surface area contributed by atoms with Gasteiger partial charge in [0.05, 0.1) is 0 Å². The Hall–Kier alpha value is 1.08. The molecule has 0 aromatic carbocycles. The van der Waals surface area contributed by atoms with Crippen molar-refractivity contribution in [3.8, 4) is 0 Å². The molecule has 0 atom stereocenters. The van der Waals surface area contributed by atoms with E-state index < -0.39 is 20.9 Å². The summed E-state index contributed by atoms with van der Waals surface area (Å²) in [5.41, 5.74) is 0. The van der Waals surface area contributed by atoms with Crippen molar-refractivity contribution in [3.63, 3.8) is 0 Å². The molecule has 0 heterocycles. The van der Waals surface area contributed by atoms with E-state index in [9.17, 15) is 0 Å². The maximum absolute atomic E-state index is 8.50. The molecule has 0 aliphatic heterocycles. The molecular formula is MoO2Te. The summed E-state index contributed by atoms with van der Waals surface area (Å²) < 4.78 is 17.0. The first kappa shape index (κ1) is 8.91. The molecule has 0 bridgehead atoms. The van der Waals surface area contributed by atoms with Gasteiger partial charge < -0.3 is 0 Å². The fourth-order valence-corrected chi connectivity index (χ4v) is 0. The van der Waals surface area contributed by atoms with Gasteiger partial charge in [-0.1, -0.05) is 0 Å². The van der Waals surface area contributed by atoms with Gasteiger partial charge in [0.25, 0.3) is 0 Å². The van der Waals surface area contributed by atoms with Gasteiger partial charge in [-0.05, 0) is 0 Å². The van der Waals surface area contributed by atoms with Crippen molar-refractivity contribution in [1.29, 1.82) is 0 Å². The number of rotatable bonds is 0. The van der Waals surface area contributed by atoms with Gasteiger partial charge >= 0.3 is 27.1 Å². The van der Waals surface area contributed by atoms with Gasteiger partial charge in [0.2, 0.25) is 0 Å². The molecule has 0 amide bonds. The molecule has 0 spiro atoms. The molecule has 0 aliphatic carbocycles. The minimum atomic E-state index is -2.03. The molecule has 4 heavy (non-hydrogen) atoms. The molecule has 0 aliphatic rings. The van der Waals surface area contributed by atoms with E-state index in [1.165, 1.54) is 0 Å². The molecule has 0 aromatic heterocycles. The molecular weight excluding hydrogens is 256 g/mol. The SMILES string of the molecule is O=[Te]=O.[Mo]. The van der Waals surface area contributed by atoms with Crippen molar-refractivity contribution < 1.29 is 27.3 Å². The maximum Gasteiger partial charge on any atom is 0 e. The fourth-order valence-electron chi connectivity index (χ4n) is 0. The molecule has 0 saturated heterocycles. The van der Waals surface area contributed by atoms with E-state index in [0.717, 1.165) is 0 Å². The molecule has 24 valence electrons. The van der Waals surface area contributed by atoms with E-state index in [0.29, 0.717) is 0 Å². The van der Waals surface area contributed by atoms with Crippen LogP contribution in [0.15, 0.2) is 0 Å². The van der Waals surface area contributed by atoms with E-state index in [2.05, 4.69) is 0 Å². The Morgan fingerprint density at radius 3 is 1.25 bits per heavy atom. The first-order chi connectivity index (χ1) is 1.41. The van der Waals surface area contributed by atoms with Crippen molar-refractivity contribution in [3.05, 3.63) is 0 Å². The van der Waals surface area contributed by atoms with E-state index in [4.69, 9.17) is 6.21 Å². The van der Waals surface area contributed by atoms with Crippen LogP contribution in [0.2, 0.25) is 0 Å². The quantitative estimate of drug-likeness (QED) is 0.541. The van der Waals surface area contributed by atoms with Crippen molar-refractivity contribution >= 4 is 20.9 Å². The van der Waals surface area contributed by atoms with Crippen LogP contribution in [0.4, 0.5) is 0 Å².